The summed E-state index contributed by atoms with van der Waals surface area (Å²) in [4.78, 5) is 14.7. The maximum Gasteiger partial charge on any atom is 0.252 e. The van der Waals surface area contributed by atoms with E-state index in [1.54, 1.807) is 22.4 Å². The molecule has 0 bridgehead atoms. The lowest BCUT2D eigenvalue weighted by atomic mass is 10.0. The van der Waals surface area contributed by atoms with E-state index in [4.69, 9.17) is 9.47 Å². The minimum Gasteiger partial charge on any atom is -0.486 e. The van der Waals surface area contributed by atoms with E-state index in [2.05, 4.69) is 0 Å². The van der Waals surface area contributed by atoms with E-state index in [1.165, 1.54) is 7.05 Å². The zero-order valence-electron chi connectivity index (χ0n) is 15.5. The molecule has 0 radical (unpaired) electrons. The minimum absolute atomic E-state index is 0.0823. The van der Waals surface area contributed by atoms with Gasteiger partial charge in [-0.1, -0.05) is 12.1 Å². The molecule has 4 rings (SSSR count). The van der Waals surface area contributed by atoms with Crippen LogP contribution in [0, 0.1) is 0 Å². The van der Waals surface area contributed by atoms with Gasteiger partial charge in [-0.15, -0.1) is 11.3 Å². The fraction of sp³-hybridized carbons (Fsp3) is 0.421. The number of hydrogen-bond donors (Lipinski definition) is 0. The summed E-state index contributed by atoms with van der Waals surface area (Å²) < 4.78 is 37.8. The van der Waals surface area contributed by atoms with Gasteiger partial charge in [-0.05, 0) is 42.0 Å². The van der Waals surface area contributed by atoms with Crippen LogP contribution in [-0.2, 0) is 14.8 Å². The number of rotatable bonds is 5. The first-order chi connectivity index (χ1) is 13.5. The third kappa shape index (κ3) is 3.61. The molecule has 0 spiro atoms. The number of amides is 1. The van der Waals surface area contributed by atoms with Gasteiger partial charge in [0, 0.05) is 13.6 Å². The highest BCUT2D eigenvalue weighted by Crippen LogP contribution is 2.38. The quantitative estimate of drug-likeness (QED) is 0.740. The zero-order valence-corrected chi connectivity index (χ0v) is 17.2. The number of sulfonamides is 1. The van der Waals surface area contributed by atoms with Gasteiger partial charge in [0.15, 0.2) is 11.5 Å². The van der Waals surface area contributed by atoms with Gasteiger partial charge in [-0.3, -0.25) is 4.79 Å². The predicted octanol–water partition coefficient (Wildman–Crippen LogP) is 2.50. The van der Waals surface area contributed by atoms with Crippen LogP contribution in [0.5, 0.6) is 11.5 Å². The van der Waals surface area contributed by atoms with Crippen molar-refractivity contribution < 1.29 is 22.7 Å². The van der Waals surface area contributed by atoms with Crippen LogP contribution in [0.25, 0.3) is 0 Å². The second-order valence-corrected chi connectivity index (χ2v) is 10.1. The number of ether oxygens (including phenoxy) is 2. The van der Waals surface area contributed by atoms with E-state index >= 15 is 0 Å². The predicted molar refractivity (Wildman–Crippen MR) is 105 cm³/mol. The molecule has 0 saturated carbocycles. The summed E-state index contributed by atoms with van der Waals surface area (Å²) in [5, 5.41) is 1.71. The van der Waals surface area contributed by atoms with Crippen molar-refractivity contribution in [1.82, 2.24) is 9.21 Å². The molecule has 0 aliphatic carbocycles. The molecule has 1 atom stereocenters. The van der Waals surface area contributed by atoms with Crippen molar-refractivity contribution in [3.8, 4) is 11.5 Å². The minimum atomic E-state index is -3.65. The molecular weight excluding hydrogens is 400 g/mol. The van der Waals surface area contributed by atoms with Gasteiger partial charge in [-0.2, -0.15) is 4.31 Å². The van der Waals surface area contributed by atoms with Crippen LogP contribution in [0.15, 0.2) is 39.9 Å². The fourth-order valence-electron chi connectivity index (χ4n) is 3.61. The number of thiophene rings is 1. The van der Waals surface area contributed by atoms with E-state index in [0.717, 1.165) is 34.0 Å². The lowest BCUT2D eigenvalue weighted by Crippen LogP contribution is -2.40. The second-order valence-electron chi connectivity index (χ2n) is 6.84. The molecule has 28 heavy (non-hydrogen) atoms. The average Bonchev–Trinajstić information content (AvgIpc) is 3.39. The van der Waals surface area contributed by atoms with Gasteiger partial charge >= 0.3 is 0 Å². The lowest BCUT2D eigenvalue weighted by Gasteiger charge is -2.28. The number of benzene rings is 1. The van der Waals surface area contributed by atoms with E-state index in [9.17, 15) is 13.2 Å². The Morgan fingerprint density at radius 3 is 2.79 bits per heavy atom. The van der Waals surface area contributed by atoms with Gasteiger partial charge in [0.05, 0.1) is 12.6 Å². The largest absolute Gasteiger partial charge is 0.486 e. The van der Waals surface area contributed by atoms with Crippen molar-refractivity contribution in [3.63, 3.8) is 0 Å². The third-order valence-electron chi connectivity index (χ3n) is 5.04. The Balaban J connectivity index is 1.49. The molecule has 3 heterocycles. The molecule has 7 nitrogen and oxygen atoms in total. The van der Waals surface area contributed by atoms with E-state index < -0.39 is 10.0 Å². The number of likely N-dealkylation sites (N-methyl/N-ethyl adjacent to an activating group) is 1. The molecule has 1 unspecified atom stereocenters. The third-order valence-corrected chi connectivity index (χ3v) is 8.22. The molecule has 1 amide bonds. The molecule has 1 fully saturated rings. The van der Waals surface area contributed by atoms with Crippen LogP contribution in [0.4, 0.5) is 0 Å². The number of hydrogen-bond acceptors (Lipinski definition) is 6. The zero-order chi connectivity index (χ0) is 19.7. The summed E-state index contributed by atoms with van der Waals surface area (Å²) >= 11 is 1.15. The SMILES string of the molecule is CN(CC(=O)N1CCCC1c1ccc2c(c1)OCCO2)S(=O)(=O)c1cccs1. The molecule has 1 saturated heterocycles. The van der Waals surface area contributed by atoms with Crippen LogP contribution in [0.3, 0.4) is 0 Å². The smallest absolute Gasteiger partial charge is 0.252 e. The van der Waals surface area contributed by atoms with Gasteiger partial charge < -0.3 is 14.4 Å². The summed E-state index contributed by atoms with van der Waals surface area (Å²) in [5.41, 5.74) is 0.985. The van der Waals surface area contributed by atoms with Crippen molar-refractivity contribution in [3.05, 3.63) is 41.3 Å². The Morgan fingerprint density at radius 2 is 2.04 bits per heavy atom. The Bertz CT molecular complexity index is 959. The maximum atomic E-state index is 12.9. The van der Waals surface area contributed by atoms with Gasteiger partial charge in [0.25, 0.3) is 10.0 Å². The summed E-state index contributed by atoms with van der Waals surface area (Å²) in [6.07, 6.45) is 1.72. The first kappa shape index (κ1) is 19.2. The number of carbonyl (C=O) groups excluding carboxylic acids is 1. The molecule has 1 aromatic carbocycles. The molecule has 2 aliphatic heterocycles. The van der Waals surface area contributed by atoms with Gasteiger partial charge in [0.1, 0.15) is 17.4 Å². The molecule has 2 aromatic rings. The molecule has 1 aromatic heterocycles. The molecule has 150 valence electrons. The van der Waals surface area contributed by atoms with Crippen molar-refractivity contribution >= 4 is 27.3 Å². The number of fused-ring (bicyclic) bond motifs is 1. The highest BCUT2D eigenvalue weighted by Gasteiger charge is 2.33. The molecule has 9 heteroatoms. The summed E-state index contributed by atoms with van der Waals surface area (Å²) in [6, 6.07) is 8.91. The van der Waals surface area contributed by atoms with Crippen molar-refractivity contribution in [2.75, 3.05) is 33.4 Å². The summed E-state index contributed by atoms with van der Waals surface area (Å²) in [6.45, 7) is 1.48. The first-order valence-corrected chi connectivity index (χ1v) is 11.5. The highest BCUT2D eigenvalue weighted by molar-refractivity contribution is 7.91. The van der Waals surface area contributed by atoms with Crippen LogP contribution in [0.1, 0.15) is 24.4 Å². The lowest BCUT2D eigenvalue weighted by molar-refractivity contribution is -0.132. The van der Waals surface area contributed by atoms with E-state index in [-0.39, 0.29) is 22.7 Å². The fourth-order valence-corrected chi connectivity index (χ4v) is 5.93. The monoisotopic (exact) mass is 422 g/mol. The second kappa shape index (κ2) is 7.73. The topological polar surface area (TPSA) is 76.2 Å². The summed E-state index contributed by atoms with van der Waals surface area (Å²) in [7, 11) is -2.20. The summed E-state index contributed by atoms with van der Waals surface area (Å²) in [5.74, 6) is 1.22. The van der Waals surface area contributed by atoms with Crippen LogP contribution < -0.4 is 9.47 Å². The molecule has 0 N–H and O–H groups in total. The highest BCUT2D eigenvalue weighted by atomic mass is 32.2. The molecular formula is C19H22N2O5S2. The number of carbonyl (C=O) groups is 1. The van der Waals surface area contributed by atoms with Crippen molar-refractivity contribution in [2.24, 2.45) is 0 Å². The van der Waals surface area contributed by atoms with Gasteiger partial charge in [0.2, 0.25) is 5.91 Å². The van der Waals surface area contributed by atoms with Crippen LogP contribution >= 0.6 is 11.3 Å². The van der Waals surface area contributed by atoms with Crippen LogP contribution in [0.2, 0.25) is 0 Å². The Hall–Kier alpha value is -2.10. The molecule has 2 aliphatic rings. The Kier molecular flexibility index (Phi) is 5.31. The number of likely N-dealkylation sites (tertiary alicyclic amines) is 1. The van der Waals surface area contributed by atoms with E-state index in [0.29, 0.717) is 31.3 Å². The average molecular weight is 423 g/mol. The first-order valence-electron chi connectivity index (χ1n) is 9.15. The van der Waals surface area contributed by atoms with Gasteiger partial charge in [-0.25, -0.2) is 8.42 Å². The maximum absolute atomic E-state index is 12.9. The standard InChI is InChI=1S/C19H22N2O5S2/c1-20(28(23,24)19-5-3-11-27-19)13-18(22)21-8-2-4-15(21)14-6-7-16-17(12-14)26-10-9-25-16/h3,5-7,11-12,15H,2,4,8-10,13H2,1H3. The Labute approximate surface area is 168 Å². The van der Waals surface area contributed by atoms with Crippen LogP contribution in [-0.4, -0.2) is 56.9 Å². The Morgan fingerprint density at radius 1 is 1.25 bits per heavy atom. The number of nitrogens with zero attached hydrogens (tertiary/aromatic N) is 2. The van der Waals surface area contributed by atoms with Crippen molar-refractivity contribution in [2.45, 2.75) is 23.1 Å². The normalized spacial score (nSPS) is 19.2. The van der Waals surface area contributed by atoms with Crippen molar-refractivity contribution in [1.29, 1.82) is 0 Å². The van der Waals surface area contributed by atoms with E-state index in [1.807, 2.05) is 18.2 Å².